The van der Waals surface area contributed by atoms with E-state index in [1.54, 1.807) is 0 Å². The van der Waals surface area contributed by atoms with Crippen LogP contribution in [0.4, 0.5) is 4.79 Å². The number of imide groups is 1. The third-order valence-corrected chi connectivity index (χ3v) is 11.8. The molecule has 4 fully saturated rings. The molecule has 2 N–H and O–H groups in total. The van der Waals surface area contributed by atoms with Gasteiger partial charge in [-0.05, 0) is 78.7 Å². The molecule has 4 heterocycles. The van der Waals surface area contributed by atoms with Gasteiger partial charge in [0.2, 0.25) is 5.91 Å². The number of aliphatic hydroxyl groups excluding tert-OH is 1. The number of likely N-dealkylation sites (tertiary alicyclic amines) is 3. The van der Waals surface area contributed by atoms with Crippen molar-refractivity contribution >= 4 is 17.9 Å². The normalized spacial score (nSPS) is 24.3. The molecule has 0 aromatic heterocycles. The summed E-state index contributed by atoms with van der Waals surface area (Å²) in [5.74, 6) is -0.809. The van der Waals surface area contributed by atoms with Gasteiger partial charge in [0.25, 0.3) is 5.91 Å². The molecule has 8 rings (SSSR count). The lowest BCUT2D eigenvalue weighted by molar-refractivity contribution is -0.253. The second-order valence-corrected chi connectivity index (χ2v) is 15.7. The summed E-state index contributed by atoms with van der Waals surface area (Å²) in [6.07, 6.45) is 4.14. The Labute approximate surface area is 334 Å². The van der Waals surface area contributed by atoms with Gasteiger partial charge in [-0.25, -0.2) is 4.79 Å². The van der Waals surface area contributed by atoms with Crippen LogP contribution in [0.2, 0.25) is 0 Å². The smallest absolute Gasteiger partial charge is 0.408 e. The average molecular weight is 773 g/mol. The van der Waals surface area contributed by atoms with E-state index in [1.807, 2.05) is 103 Å². The average Bonchev–Trinajstić information content (AvgIpc) is 3.99. The Morgan fingerprint density at radius 2 is 1.53 bits per heavy atom. The van der Waals surface area contributed by atoms with Crippen molar-refractivity contribution in [2.45, 2.75) is 88.9 Å². The third-order valence-electron chi connectivity index (χ3n) is 11.8. The first-order valence-corrected chi connectivity index (χ1v) is 20.4. The van der Waals surface area contributed by atoms with Crippen molar-refractivity contribution in [3.63, 3.8) is 0 Å². The van der Waals surface area contributed by atoms with Gasteiger partial charge < -0.3 is 29.5 Å². The number of hydrogen-bond acceptors (Lipinski definition) is 9. The summed E-state index contributed by atoms with van der Waals surface area (Å²) < 4.78 is 18.7. The number of hydrogen-bond donors (Lipinski definition) is 2. The molecule has 298 valence electrons. The highest BCUT2D eigenvalue weighted by molar-refractivity contribution is 6.06. The number of ether oxygens (including phenoxy) is 3. The van der Waals surface area contributed by atoms with Crippen molar-refractivity contribution in [3.8, 4) is 11.1 Å². The van der Waals surface area contributed by atoms with E-state index >= 15 is 0 Å². The second-order valence-electron chi connectivity index (χ2n) is 15.7. The number of nitrogens with zero attached hydrogens (tertiary/aromatic N) is 3. The molecule has 4 aliphatic rings. The lowest BCUT2D eigenvalue weighted by Crippen LogP contribution is -2.45. The van der Waals surface area contributed by atoms with Crippen LogP contribution in [0.15, 0.2) is 103 Å². The van der Waals surface area contributed by atoms with E-state index in [1.165, 1.54) is 43.7 Å². The van der Waals surface area contributed by atoms with Crippen LogP contribution in [-0.2, 0) is 43.6 Å². The zero-order valence-corrected chi connectivity index (χ0v) is 32.3. The molecule has 57 heavy (non-hydrogen) atoms. The summed E-state index contributed by atoms with van der Waals surface area (Å²) in [5, 5.41) is 12.2. The van der Waals surface area contributed by atoms with E-state index in [4.69, 9.17) is 14.2 Å². The van der Waals surface area contributed by atoms with Gasteiger partial charge in [0.15, 0.2) is 6.29 Å². The summed E-state index contributed by atoms with van der Waals surface area (Å²) in [7, 11) is 0. The minimum absolute atomic E-state index is 0.00259. The number of rotatable bonds is 13. The number of nitrogens with one attached hydrogen (secondary N) is 1. The fourth-order valence-electron chi connectivity index (χ4n) is 8.70. The van der Waals surface area contributed by atoms with Crippen molar-refractivity contribution in [1.29, 1.82) is 0 Å². The van der Waals surface area contributed by atoms with Gasteiger partial charge in [-0.15, -0.1) is 0 Å². The maximum absolute atomic E-state index is 13.4. The van der Waals surface area contributed by atoms with Crippen LogP contribution in [0.25, 0.3) is 11.1 Å². The second kappa shape index (κ2) is 18.1. The van der Waals surface area contributed by atoms with E-state index in [-0.39, 0.29) is 44.3 Å². The molecule has 0 aliphatic carbocycles. The van der Waals surface area contributed by atoms with Crippen LogP contribution in [0, 0.1) is 0 Å². The highest BCUT2D eigenvalue weighted by Gasteiger charge is 2.40. The van der Waals surface area contributed by atoms with Crippen molar-refractivity contribution < 1.29 is 33.7 Å². The molecular weight excluding hydrogens is 721 g/mol. The Kier molecular flexibility index (Phi) is 12.4. The third kappa shape index (κ3) is 9.46. The quantitative estimate of drug-likeness (QED) is 0.147. The minimum Gasteiger partial charge on any atom is -0.445 e. The van der Waals surface area contributed by atoms with E-state index in [9.17, 15) is 19.5 Å². The molecule has 0 radical (unpaired) electrons. The van der Waals surface area contributed by atoms with Crippen LogP contribution in [0.3, 0.4) is 0 Å². The molecule has 0 bridgehead atoms. The highest BCUT2D eigenvalue weighted by Crippen LogP contribution is 2.39. The number of carbonyl (C=O) groups excluding carboxylic acids is 3. The minimum atomic E-state index is -0.982. The summed E-state index contributed by atoms with van der Waals surface area (Å²) in [5.41, 5.74) is 6.30. The van der Waals surface area contributed by atoms with Crippen LogP contribution in [-0.4, -0.2) is 88.6 Å². The molecule has 5 unspecified atom stereocenters. The lowest BCUT2D eigenvalue weighted by atomic mass is 9.97. The van der Waals surface area contributed by atoms with Gasteiger partial charge in [-0.2, -0.15) is 0 Å². The summed E-state index contributed by atoms with van der Waals surface area (Å²) >= 11 is 0. The topological polar surface area (TPSA) is 121 Å². The van der Waals surface area contributed by atoms with Gasteiger partial charge in [-0.1, -0.05) is 103 Å². The molecule has 3 amide bonds. The lowest BCUT2D eigenvalue weighted by Gasteiger charge is -2.39. The van der Waals surface area contributed by atoms with Crippen molar-refractivity contribution in [3.05, 3.63) is 131 Å². The van der Waals surface area contributed by atoms with E-state index in [0.717, 1.165) is 65.0 Å². The van der Waals surface area contributed by atoms with Crippen LogP contribution in [0.1, 0.15) is 78.7 Å². The van der Waals surface area contributed by atoms with Crippen molar-refractivity contribution in [2.24, 2.45) is 0 Å². The Hall–Kier alpha value is -4.91. The van der Waals surface area contributed by atoms with Crippen molar-refractivity contribution in [2.75, 3.05) is 32.7 Å². The molecule has 11 heteroatoms. The predicted octanol–water partition coefficient (Wildman–Crippen LogP) is 6.51. The van der Waals surface area contributed by atoms with Gasteiger partial charge in [0.1, 0.15) is 12.6 Å². The van der Waals surface area contributed by atoms with Gasteiger partial charge in [0, 0.05) is 31.1 Å². The van der Waals surface area contributed by atoms with Crippen LogP contribution in [0.5, 0.6) is 0 Å². The van der Waals surface area contributed by atoms with E-state index in [2.05, 4.69) is 15.1 Å². The predicted molar refractivity (Wildman–Crippen MR) is 214 cm³/mol. The standard InChI is InChI=1S/C46H52N4O7/c51-30-32-14-16-35(17-15-32)42-25-39(29-49-24-8-12-38(49)28-48-22-6-7-23-48)56-45(57-42)36-20-18-34(19-21-36)40-13-5-4-11-37(40)27-50-43(52)26-41(44(50)53)47-46(54)55-31-33-9-2-1-3-10-33/h1-5,9-11,13-21,38-39,41-42,45,51H,6-8,12,22-31H2,(H,47,54). The molecule has 11 nitrogen and oxygen atoms in total. The number of amides is 3. The van der Waals surface area contributed by atoms with Crippen molar-refractivity contribution in [1.82, 2.24) is 20.0 Å². The number of benzene rings is 4. The maximum Gasteiger partial charge on any atom is 0.408 e. The fraction of sp³-hybridized carbons (Fsp3) is 0.413. The molecule has 4 aromatic rings. The zero-order chi connectivity index (χ0) is 39.1. The Morgan fingerprint density at radius 1 is 0.789 bits per heavy atom. The number of alkyl carbamates (subject to hydrolysis) is 1. The zero-order valence-electron chi connectivity index (χ0n) is 32.3. The Balaban J connectivity index is 0.945. The van der Waals surface area contributed by atoms with Gasteiger partial charge in [0.05, 0.1) is 31.8 Å². The molecule has 0 spiro atoms. The summed E-state index contributed by atoms with van der Waals surface area (Å²) in [6, 6.07) is 32.7. The Morgan fingerprint density at radius 3 is 2.30 bits per heavy atom. The van der Waals surface area contributed by atoms with Crippen LogP contribution < -0.4 is 5.32 Å². The maximum atomic E-state index is 13.4. The van der Waals surface area contributed by atoms with E-state index < -0.39 is 24.3 Å². The molecule has 0 saturated carbocycles. The molecule has 4 aromatic carbocycles. The molecule has 4 aliphatic heterocycles. The monoisotopic (exact) mass is 772 g/mol. The van der Waals surface area contributed by atoms with Gasteiger partial charge in [-0.3, -0.25) is 19.4 Å². The van der Waals surface area contributed by atoms with E-state index in [0.29, 0.717) is 6.04 Å². The number of carbonyl (C=O) groups is 3. The highest BCUT2D eigenvalue weighted by atomic mass is 16.7. The summed E-state index contributed by atoms with van der Waals surface area (Å²) in [4.78, 5) is 45.4. The largest absolute Gasteiger partial charge is 0.445 e. The summed E-state index contributed by atoms with van der Waals surface area (Å²) in [6.45, 7) is 5.61. The first kappa shape index (κ1) is 38.9. The number of aliphatic hydroxyl groups is 1. The molecular formula is C46H52N4O7. The first-order chi connectivity index (χ1) is 27.9. The first-order valence-electron chi connectivity index (χ1n) is 20.4. The Bertz CT molecular complexity index is 1990. The SMILES string of the molecule is O=C(NC1CC(=O)N(Cc2ccccc2-c2ccc(C3OC(CN4CCCC4CN4CCCC4)CC(c4ccc(CO)cc4)O3)cc2)C1=O)OCc1ccccc1. The molecule has 5 atom stereocenters. The van der Waals surface area contributed by atoms with Gasteiger partial charge >= 0.3 is 6.09 Å². The molecule has 4 saturated heterocycles. The fourth-order valence-corrected chi connectivity index (χ4v) is 8.70. The van der Waals surface area contributed by atoms with Crippen LogP contribution >= 0.6 is 0 Å².